The van der Waals surface area contributed by atoms with E-state index >= 15 is 0 Å². The third kappa shape index (κ3) is 4.62. The first-order valence-corrected chi connectivity index (χ1v) is 7.58. The van der Waals surface area contributed by atoms with Gasteiger partial charge in [0.15, 0.2) is 6.61 Å². The highest BCUT2D eigenvalue weighted by Gasteiger charge is 2.08. The molecule has 2 aromatic rings. The highest BCUT2D eigenvalue weighted by Crippen LogP contribution is 2.19. The monoisotopic (exact) mass is 298 g/mol. The molecule has 0 aliphatic heterocycles. The normalized spacial score (nSPS) is 10.3. The molecule has 0 bridgehead atoms. The Balaban J connectivity index is 1.88. The third-order valence-corrected chi connectivity index (χ3v) is 3.38. The number of benzene rings is 2. The molecule has 0 aromatic heterocycles. The van der Waals surface area contributed by atoms with Gasteiger partial charge < -0.3 is 9.47 Å². The number of hydrogen-bond acceptors (Lipinski definition) is 3. The summed E-state index contributed by atoms with van der Waals surface area (Å²) in [6.45, 7) is 5.98. The van der Waals surface area contributed by atoms with Crippen molar-refractivity contribution in [1.82, 2.24) is 0 Å². The van der Waals surface area contributed by atoms with E-state index in [2.05, 4.69) is 6.92 Å². The van der Waals surface area contributed by atoms with Gasteiger partial charge >= 0.3 is 5.97 Å². The fourth-order valence-corrected chi connectivity index (χ4v) is 2.17. The summed E-state index contributed by atoms with van der Waals surface area (Å²) < 4.78 is 10.8. The van der Waals surface area contributed by atoms with Crippen LogP contribution in [0.4, 0.5) is 0 Å². The van der Waals surface area contributed by atoms with E-state index in [4.69, 9.17) is 9.47 Å². The molecule has 3 nitrogen and oxygen atoms in total. The molecule has 22 heavy (non-hydrogen) atoms. The molecule has 3 heteroatoms. The van der Waals surface area contributed by atoms with E-state index in [1.165, 1.54) is 5.56 Å². The van der Waals surface area contributed by atoms with Crippen molar-refractivity contribution in [1.29, 1.82) is 0 Å². The van der Waals surface area contributed by atoms with E-state index in [0.717, 1.165) is 29.7 Å². The van der Waals surface area contributed by atoms with Gasteiger partial charge in [0.1, 0.15) is 11.5 Å². The molecule has 116 valence electrons. The van der Waals surface area contributed by atoms with E-state index in [0.29, 0.717) is 5.75 Å². The van der Waals surface area contributed by atoms with Crippen LogP contribution in [0.3, 0.4) is 0 Å². The molecular weight excluding hydrogens is 276 g/mol. The van der Waals surface area contributed by atoms with Crippen LogP contribution >= 0.6 is 0 Å². The van der Waals surface area contributed by atoms with Gasteiger partial charge in [-0.3, -0.25) is 0 Å². The molecule has 0 saturated carbocycles. The SMILES string of the molecule is CCCc1ccc(OC(=O)COc2cc(C)ccc2C)cc1. The van der Waals surface area contributed by atoms with Gasteiger partial charge in [-0.1, -0.05) is 37.6 Å². The Kier molecular flexibility index (Phi) is 5.59. The molecule has 0 unspecified atom stereocenters. The maximum atomic E-state index is 11.8. The highest BCUT2D eigenvalue weighted by atomic mass is 16.6. The lowest BCUT2D eigenvalue weighted by Gasteiger charge is -2.10. The summed E-state index contributed by atoms with van der Waals surface area (Å²) in [5, 5.41) is 0. The smallest absolute Gasteiger partial charge is 0.349 e. The molecule has 0 amide bonds. The number of carbonyl (C=O) groups excluding carboxylic acids is 1. The van der Waals surface area contributed by atoms with Crippen LogP contribution in [0.2, 0.25) is 0 Å². The largest absolute Gasteiger partial charge is 0.482 e. The first kappa shape index (κ1) is 16.1. The second-order valence-corrected chi connectivity index (χ2v) is 5.43. The predicted octanol–water partition coefficient (Wildman–Crippen LogP) is 4.24. The minimum atomic E-state index is -0.399. The van der Waals surface area contributed by atoms with Crippen LogP contribution in [0.5, 0.6) is 11.5 Å². The van der Waals surface area contributed by atoms with Crippen LogP contribution in [0.1, 0.15) is 30.0 Å². The van der Waals surface area contributed by atoms with Gasteiger partial charge in [0, 0.05) is 0 Å². The second-order valence-electron chi connectivity index (χ2n) is 5.43. The maximum Gasteiger partial charge on any atom is 0.349 e. The topological polar surface area (TPSA) is 35.5 Å². The summed E-state index contributed by atoms with van der Waals surface area (Å²) in [6, 6.07) is 13.5. The fraction of sp³-hybridized carbons (Fsp3) is 0.316. The molecule has 0 heterocycles. The van der Waals surface area contributed by atoms with Gasteiger partial charge in [0.05, 0.1) is 0 Å². The van der Waals surface area contributed by atoms with Crippen molar-refractivity contribution >= 4 is 5.97 Å². The standard InChI is InChI=1S/C19H22O3/c1-4-5-16-8-10-17(11-9-16)22-19(20)13-21-18-12-14(2)6-7-15(18)3/h6-12H,4-5,13H2,1-3H3. The number of carbonyl (C=O) groups is 1. The Morgan fingerprint density at radius 3 is 2.45 bits per heavy atom. The lowest BCUT2D eigenvalue weighted by atomic mass is 10.1. The minimum absolute atomic E-state index is 0.0962. The molecule has 0 atom stereocenters. The van der Waals surface area contributed by atoms with Crippen molar-refractivity contribution < 1.29 is 14.3 Å². The van der Waals surface area contributed by atoms with Crippen LogP contribution in [0.25, 0.3) is 0 Å². The first-order chi connectivity index (χ1) is 10.6. The Labute approximate surface area is 131 Å². The van der Waals surface area contributed by atoms with Crippen molar-refractivity contribution in [2.75, 3.05) is 6.61 Å². The molecule has 0 aliphatic rings. The minimum Gasteiger partial charge on any atom is -0.482 e. The molecule has 0 aliphatic carbocycles. The zero-order chi connectivity index (χ0) is 15.9. The average Bonchev–Trinajstić information content (AvgIpc) is 2.50. The number of rotatable bonds is 6. The molecular formula is C19H22O3. The Bertz CT molecular complexity index is 630. The Morgan fingerprint density at radius 2 is 1.77 bits per heavy atom. The Morgan fingerprint density at radius 1 is 1.05 bits per heavy atom. The molecule has 0 radical (unpaired) electrons. The first-order valence-electron chi connectivity index (χ1n) is 7.58. The molecule has 0 N–H and O–H groups in total. The van der Waals surface area contributed by atoms with Crippen molar-refractivity contribution in [2.45, 2.75) is 33.6 Å². The quantitative estimate of drug-likeness (QED) is 0.591. The number of aryl methyl sites for hydroxylation is 3. The fourth-order valence-electron chi connectivity index (χ4n) is 2.17. The summed E-state index contributed by atoms with van der Waals surface area (Å²) in [5.74, 6) is 0.869. The summed E-state index contributed by atoms with van der Waals surface area (Å²) in [7, 11) is 0. The van der Waals surface area contributed by atoms with Crippen molar-refractivity contribution in [3.05, 3.63) is 59.2 Å². The van der Waals surface area contributed by atoms with Crippen LogP contribution in [-0.2, 0) is 11.2 Å². The number of ether oxygens (including phenoxy) is 2. The predicted molar refractivity (Wildman–Crippen MR) is 87.5 cm³/mol. The zero-order valence-electron chi connectivity index (χ0n) is 13.4. The van der Waals surface area contributed by atoms with Gasteiger partial charge in [0.25, 0.3) is 0 Å². The van der Waals surface area contributed by atoms with Gasteiger partial charge in [-0.05, 0) is 55.2 Å². The van der Waals surface area contributed by atoms with E-state index in [1.54, 1.807) is 0 Å². The summed E-state index contributed by atoms with van der Waals surface area (Å²) in [6.07, 6.45) is 2.13. The van der Waals surface area contributed by atoms with Crippen LogP contribution in [-0.4, -0.2) is 12.6 Å². The van der Waals surface area contributed by atoms with Crippen molar-refractivity contribution in [2.24, 2.45) is 0 Å². The average molecular weight is 298 g/mol. The van der Waals surface area contributed by atoms with Crippen LogP contribution in [0, 0.1) is 13.8 Å². The maximum absolute atomic E-state index is 11.8. The molecule has 2 rings (SSSR count). The van der Waals surface area contributed by atoms with Gasteiger partial charge in [-0.25, -0.2) is 4.79 Å². The van der Waals surface area contributed by atoms with Crippen LogP contribution < -0.4 is 9.47 Å². The van der Waals surface area contributed by atoms with E-state index in [9.17, 15) is 4.79 Å². The van der Waals surface area contributed by atoms with Crippen molar-refractivity contribution in [3.8, 4) is 11.5 Å². The van der Waals surface area contributed by atoms with Gasteiger partial charge in [-0.2, -0.15) is 0 Å². The molecule has 0 spiro atoms. The second kappa shape index (κ2) is 7.64. The lowest BCUT2D eigenvalue weighted by molar-refractivity contribution is -0.136. The summed E-state index contributed by atoms with van der Waals surface area (Å²) in [4.78, 5) is 11.8. The van der Waals surface area contributed by atoms with Gasteiger partial charge in [-0.15, -0.1) is 0 Å². The third-order valence-electron chi connectivity index (χ3n) is 3.38. The van der Waals surface area contributed by atoms with E-state index < -0.39 is 5.97 Å². The summed E-state index contributed by atoms with van der Waals surface area (Å²) in [5.41, 5.74) is 3.34. The van der Waals surface area contributed by atoms with Crippen LogP contribution in [0.15, 0.2) is 42.5 Å². The van der Waals surface area contributed by atoms with E-state index in [1.807, 2.05) is 56.3 Å². The van der Waals surface area contributed by atoms with Gasteiger partial charge in [0.2, 0.25) is 0 Å². The van der Waals surface area contributed by atoms with Crippen molar-refractivity contribution in [3.63, 3.8) is 0 Å². The molecule has 2 aromatic carbocycles. The molecule has 0 fully saturated rings. The summed E-state index contributed by atoms with van der Waals surface area (Å²) >= 11 is 0. The Hall–Kier alpha value is -2.29. The number of esters is 1. The lowest BCUT2D eigenvalue weighted by Crippen LogP contribution is -2.18. The zero-order valence-corrected chi connectivity index (χ0v) is 13.4. The highest BCUT2D eigenvalue weighted by molar-refractivity contribution is 5.74. The van der Waals surface area contributed by atoms with E-state index in [-0.39, 0.29) is 6.61 Å². The molecule has 0 saturated heterocycles. The number of hydrogen-bond donors (Lipinski definition) is 0.